The minimum Gasteiger partial charge on any atom is -0.481 e. The van der Waals surface area contributed by atoms with Crippen LogP contribution in [0, 0.1) is 11.3 Å². The third-order valence-electron chi connectivity index (χ3n) is 4.18. The van der Waals surface area contributed by atoms with Gasteiger partial charge in [-0.3, -0.25) is 9.59 Å². The maximum Gasteiger partial charge on any atom is 0.311 e. The van der Waals surface area contributed by atoms with Crippen molar-refractivity contribution in [1.82, 2.24) is 5.32 Å². The van der Waals surface area contributed by atoms with Crippen molar-refractivity contribution in [3.05, 3.63) is 0 Å². The van der Waals surface area contributed by atoms with Crippen molar-refractivity contribution in [2.75, 3.05) is 19.8 Å². The van der Waals surface area contributed by atoms with Gasteiger partial charge in [0.15, 0.2) is 0 Å². The standard InChI is InChI=1S/C13H22N2O4/c14-10(9-1-2-9)7-11(16)15-8-13(12(17)18)3-5-19-6-4-13/h9-10H,1-8,14H2,(H,15,16)(H,17,18). The molecule has 1 atom stereocenters. The second-order valence-corrected chi connectivity index (χ2v) is 5.68. The van der Waals surface area contributed by atoms with Gasteiger partial charge in [0.1, 0.15) is 0 Å². The predicted molar refractivity (Wildman–Crippen MR) is 68.4 cm³/mol. The van der Waals surface area contributed by atoms with Crippen LogP contribution in [-0.2, 0) is 14.3 Å². The third-order valence-corrected chi connectivity index (χ3v) is 4.18. The lowest BCUT2D eigenvalue weighted by Gasteiger charge is -2.33. The number of carboxylic acid groups (broad SMARTS) is 1. The molecule has 2 aliphatic rings. The second kappa shape index (κ2) is 5.88. The molecule has 1 saturated heterocycles. The quantitative estimate of drug-likeness (QED) is 0.636. The van der Waals surface area contributed by atoms with E-state index in [2.05, 4.69) is 5.32 Å². The number of amides is 1. The van der Waals surface area contributed by atoms with Crippen LogP contribution < -0.4 is 11.1 Å². The van der Waals surface area contributed by atoms with Crippen LogP contribution in [0.4, 0.5) is 0 Å². The fourth-order valence-electron chi connectivity index (χ4n) is 2.47. The lowest BCUT2D eigenvalue weighted by atomic mass is 9.80. The summed E-state index contributed by atoms with van der Waals surface area (Å²) in [5.41, 5.74) is 5.01. The van der Waals surface area contributed by atoms with E-state index in [0.29, 0.717) is 32.0 Å². The molecule has 0 radical (unpaired) electrons. The first-order chi connectivity index (χ1) is 9.03. The summed E-state index contributed by atoms with van der Waals surface area (Å²) in [5.74, 6) is -0.531. The van der Waals surface area contributed by atoms with Crippen LogP contribution >= 0.6 is 0 Å². The van der Waals surface area contributed by atoms with E-state index in [1.54, 1.807) is 0 Å². The summed E-state index contributed by atoms with van der Waals surface area (Å²) < 4.78 is 5.19. The lowest BCUT2D eigenvalue weighted by Crippen LogP contribution is -2.47. The highest BCUT2D eigenvalue weighted by molar-refractivity contribution is 5.79. The van der Waals surface area contributed by atoms with Crippen molar-refractivity contribution in [2.45, 2.75) is 38.1 Å². The highest BCUT2D eigenvalue weighted by atomic mass is 16.5. The van der Waals surface area contributed by atoms with E-state index in [1.807, 2.05) is 0 Å². The molecule has 1 amide bonds. The van der Waals surface area contributed by atoms with Gasteiger partial charge in [-0.05, 0) is 31.6 Å². The Morgan fingerprint density at radius 3 is 2.53 bits per heavy atom. The number of nitrogens with two attached hydrogens (primary N) is 1. The highest BCUT2D eigenvalue weighted by Crippen LogP contribution is 2.33. The average Bonchev–Trinajstić information content (AvgIpc) is 3.21. The number of hydrogen-bond acceptors (Lipinski definition) is 4. The molecule has 4 N–H and O–H groups in total. The number of nitrogens with one attached hydrogen (secondary N) is 1. The monoisotopic (exact) mass is 270 g/mol. The van der Waals surface area contributed by atoms with Gasteiger partial charge in [0.05, 0.1) is 5.41 Å². The fourth-order valence-corrected chi connectivity index (χ4v) is 2.47. The van der Waals surface area contributed by atoms with E-state index in [9.17, 15) is 14.7 Å². The van der Waals surface area contributed by atoms with Crippen LogP contribution in [0.2, 0.25) is 0 Å². The molecule has 19 heavy (non-hydrogen) atoms. The number of carbonyl (C=O) groups excluding carboxylic acids is 1. The molecule has 0 aromatic carbocycles. The van der Waals surface area contributed by atoms with Crippen LogP contribution in [0.15, 0.2) is 0 Å². The molecule has 1 aliphatic heterocycles. The smallest absolute Gasteiger partial charge is 0.311 e. The molecular weight excluding hydrogens is 248 g/mol. The molecule has 0 aromatic rings. The minimum absolute atomic E-state index is 0.0875. The molecule has 6 nitrogen and oxygen atoms in total. The Bertz CT molecular complexity index is 349. The number of ether oxygens (including phenoxy) is 1. The fraction of sp³-hybridized carbons (Fsp3) is 0.846. The minimum atomic E-state index is -0.877. The molecule has 108 valence electrons. The predicted octanol–water partition coefficient (Wildman–Crippen LogP) is 0.111. The first-order valence-electron chi connectivity index (χ1n) is 6.87. The van der Waals surface area contributed by atoms with Gasteiger partial charge < -0.3 is 20.9 Å². The Labute approximate surface area is 112 Å². The van der Waals surface area contributed by atoms with Crippen molar-refractivity contribution in [3.8, 4) is 0 Å². The van der Waals surface area contributed by atoms with Gasteiger partial charge >= 0.3 is 5.97 Å². The van der Waals surface area contributed by atoms with Crippen molar-refractivity contribution < 1.29 is 19.4 Å². The van der Waals surface area contributed by atoms with Gasteiger partial charge in [0, 0.05) is 32.2 Å². The summed E-state index contributed by atoms with van der Waals surface area (Å²) in [5, 5.41) is 12.1. The van der Waals surface area contributed by atoms with Crippen LogP contribution in [0.1, 0.15) is 32.1 Å². The van der Waals surface area contributed by atoms with Crippen molar-refractivity contribution in [1.29, 1.82) is 0 Å². The van der Waals surface area contributed by atoms with Gasteiger partial charge in [0.2, 0.25) is 5.91 Å². The normalized spacial score (nSPS) is 23.6. The summed E-state index contributed by atoms with van der Waals surface area (Å²) in [6.07, 6.45) is 3.38. The van der Waals surface area contributed by atoms with Crippen molar-refractivity contribution in [2.24, 2.45) is 17.1 Å². The Morgan fingerprint density at radius 2 is 2.00 bits per heavy atom. The van der Waals surface area contributed by atoms with Crippen LogP contribution in [0.5, 0.6) is 0 Å². The lowest BCUT2D eigenvalue weighted by molar-refractivity contribution is -0.154. The average molecular weight is 270 g/mol. The maximum atomic E-state index is 11.8. The van der Waals surface area contributed by atoms with Crippen LogP contribution in [0.3, 0.4) is 0 Å². The molecular formula is C13H22N2O4. The van der Waals surface area contributed by atoms with Crippen LogP contribution in [0.25, 0.3) is 0 Å². The Kier molecular flexibility index (Phi) is 4.42. The van der Waals surface area contributed by atoms with Gasteiger partial charge in [-0.25, -0.2) is 0 Å². The van der Waals surface area contributed by atoms with E-state index in [0.717, 1.165) is 12.8 Å². The van der Waals surface area contributed by atoms with E-state index < -0.39 is 11.4 Å². The molecule has 1 heterocycles. The topological polar surface area (TPSA) is 102 Å². The third kappa shape index (κ3) is 3.67. The summed E-state index contributed by atoms with van der Waals surface area (Å²) >= 11 is 0. The van der Waals surface area contributed by atoms with Gasteiger partial charge in [-0.2, -0.15) is 0 Å². The molecule has 6 heteroatoms. The van der Waals surface area contributed by atoms with E-state index in [1.165, 1.54) is 0 Å². The summed E-state index contributed by atoms with van der Waals surface area (Å²) in [4.78, 5) is 23.2. The van der Waals surface area contributed by atoms with Crippen molar-refractivity contribution >= 4 is 11.9 Å². The molecule has 0 aromatic heterocycles. The zero-order valence-electron chi connectivity index (χ0n) is 11.1. The number of carbonyl (C=O) groups is 2. The highest BCUT2D eigenvalue weighted by Gasteiger charge is 2.40. The summed E-state index contributed by atoms with van der Waals surface area (Å²) in [7, 11) is 0. The Balaban J connectivity index is 1.80. The molecule has 1 aliphatic carbocycles. The van der Waals surface area contributed by atoms with Gasteiger partial charge in [0.25, 0.3) is 0 Å². The van der Waals surface area contributed by atoms with Crippen molar-refractivity contribution in [3.63, 3.8) is 0 Å². The molecule has 0 spiro atoms. The van der Waals surface area contributed by atoms with E-state index in [-0.39, 0.29) is 24.9 Å². The SMILES string of the molecule is NC(CC(=O)NCC1(C(=O)O)CCOCC1)C1CC1. The second-order valence-electron chi connectivity index (χ2n) is 5.68. The molecule has 1 unspecified atom stereocenters. The summed E-state index contributed by atoms with van der Waals surface area (Å²) in [6.45, 7) is 1.04. The maximum absolute atomic E-state index is 11.8. The number of aliphatic carboxylic acids is 1. The number of hydrogen-bond donors (Lipinski definition) is 3. The molecule has 1 saturated carbocycles. The zero-order chi connectivity index (χ0) is 13.9. The first-order valence-corrected chi connectivity index (χ1v) is 6.87. The molecule has 0 bridgehead atoms. The molecule has 2 rings (SSSR count). The first kappa shape index (κ1) is 14.3. The van der Waals surface area contributed by atoms with E-state index >= 15 is 0 Å². The van der Waals surface area contributed by atoms with Crippen LogP contribution in [-0.4, -0.2) is 42.8 Å². The Hall–Kier alpha value is -1.14. The molecule has 2 fully saturated rings. The van der Waals surface area contributed by atoms with Gasteiger partial charge in [-0.15, -0.1) is 0 Å². The van der Waals surface area contributed by atoms with Gasteiger partial charge in [-0.1, -0.05) is 0 Å². The number of rotatable bonds is 6. The number of carboxylic acids is 1. The zero-order valence-corrected chi connectivity index (χ0v) is 11.1. The largest absolute Gasteiger partial charge is 0.481 e. The van der Waals surface area contributed by atoms with E-state index in [4.69, 9.17) is 10.5 Å². The Morgan fingerprint density at radius 1 is 1.37 bits per heavy atom. The summed E-state index contributed by atoms with van der Waals surface area (Å²) in [6, 6.07) is -0.0875.